The molecule has 108 valence electrons. The average molecular weight is 264 g/mol. The molecule has 19 heavy (non-hydrogen) atoms. The van der Waals surface area contributed by atoms with Crippen molar-refractivity contribution in [3.05, 3.63) is 24.2 Å². The van der Waals surface area contributed by atoms with Gasteiger partial charge in [0.15, 0.2) is 0 Å². The van der Waals surface area contributed by atoms with Gasteiger partial charge in [-0.05, 0) is 50.9 Å². The van der Waals surface area contributed by atoms with Gasteiger partial charge in [-0.25, -0.2) is 0 Å². The van der Waals surface area contributed by atoms with Gasteiger partial charge in [0.1, 0.15) is 5.76 Å². The molecule has 3 heteroatoms. The van der Waals surface area contributed by atoms with Crippen molar-refractivity contribution in [3.63, 3.8) is 0 Å². The van der Waals surface area contributed by atoms with Gasteiger partial charge in [0, 0.05) is 25.0 Å². The largest absolute Gasteiger partial charge is 0.469 e. The summed E-state index contributed by atoms with van der Waals surface area (Å²) in [7, 11) is 0. The SMILES string of the molecule is CCC1CCN(C(C)Cc2ccco2)CC(C)CN1. The van der Waals surface area contributed by atoms with Crippen LogP contribution in [-0.2, 0) is 6.42 Å². The first-order valence-electron chi connectivity index (χ1n) is 7.68. The number of rotatable bonds is 4. The van der Waals surface area contributed by atoms with E-state index in [4.69, 9.17) is 4.42 Å². The molecule has 0 aromatic carbocycles. The van der Waals surface area contributed by atoms with Gasteiger partial charge >= 0.3 is 0 Å². The van der Waals surface area contributed by atoms with Gasteiger partial charge in [-0.1, -0.05) is 13.8 Å². The zero-order chi connectivity index (χ0) is 13.7. The molecule has 1 aliphatic rings. The maximum absolute atomic E-state index is 5.48. The van der Waals surface area contributed by atoms with Crippen molar-refractivity contribution >= 4 is 0 Å². The van der Waals surface area contributed by atoms with Crippen molar-refractivity contribution in [3.8, 4) is 0 Å². The highest BCUT2D eigenvalue weighted by Gasteiger charge is 2.22. The van der Waals surface area contributed by atoms with Gasteiger partial charge in [0.25, 0.3) is 0 Å². The molecule has 1 N–H and O–H groups in total. The van der Waals surface area contributed by atoms with Crippen molar-refractivity contribution < 1.29 is 4.42 Å². The fourth-order valence-corrected chi connectivity index (χ4v) is 2.95. The molecule has 0 amide bonds. The fraction of sp³-hybridized carbons (Fsp3) is 0.750. The maximum Gasteiger partial charge on any atom is 0.105 e. The number of furan rings is 1. The highest BCUT2D eigenvalue weighted by molar-refractivity contribution is 5.00. The minimum atomic E-state index is 0.559. The average Bonchev–Trinajstić information content (AvgIpc) is 2.87. The van der Waals surface area contributed by atoms with E-state index in [1.54, 1.807) is 6.26 Å². The van der Waals surface area contributed by atoms with Crippen molar-refractivity contribution in [2.24, 2.45) is 5.92 Å². The Labute approximate surface area is 117 Å². The summed E-state index contributed by atoms with van der Waals surface area (Å²) in [6.45, 7) is 10.5. The Hall–Kier alpha value is -0.800. The van der Waals surface area contributed by atoms with Gasteiger partial charge in [-0.3, -0.25) is 4.90 Å². The van der Waals surface area contributed by atoms with Crippen molar-refractivity contribution in [2.45, 2.75) is 52.1 Å². The molecular weight excluding hydrogens is 236 g/mol. The monoisotopic (exact) mass is 264 g/mol. The summed E-state index contributed by atoms with van der Waals surface area (Å²) in [5.41, 5.74) is 0. The standard InChI is InChI=1S/C16H28N2O/c1-4-15-7-8-18(12-13(2)11-17-15)14(3)10-16-6-5-9-19-16/h5-6,9,13-15,17H,4,7-8,10-12H2,1-3H3. The summed E-state index contributed by atoms with van der Waals surface area (Å²) in [4.78, 5) is 2.64. The van der Waals surface area contributed by atoms with E-state index in [0.29, 0.717) is 18.0 Å². The Morgan fingerprint density at radius 3 is 3.05 bits per heavy atom. The van der Waals surface area contributed by atoms with Crippen LogP contribution in [0.15, 0.2) is 22.8 Å². The fourth-order valence-electron chi connectivity index (χ4n) is 2.95. The van der Waals surface area contributed by atoms with Crippen LogP contribution in [0.1, 0.15) is 39.4 Å². The molecule has 1 aromatic heterocycles. The van der Waals surface area contributed by atoms with Crippen LogP contribution in [0, 0.1) is 5.92 Å². The van der Waals surface area contributed by atoms with Crippen molar-refractivity contribution in [1.29, 1.82) is 0 Å². The van der Waals surface area contributed by atoms with Crippen molar-refractivity contribution in [2.75, 3.05) is 19.6 Å². The molecule has 3 nitrogen and oxygen atoms in total. The Bertz CT molecular complexity index is 350. The molecule has 0 spiro atoms. The van der Waals surface area contributed by atoms with Crippen LogP contribution in [0.4, 0.5) is 0 Å². The van der Waals surface area contributed by atoms with Crippen LogP contribution >= 0.6 is 0 Å². The number of hydrogen-bond acceptors (Lipinski definition) is 3. The Morgan fingerprint density at radius 1 is 1.53 bits per heavy atom. The normalized spacial score (nSPS) is 27.7. The quantitative estimate of drug-likeness (QED) is 0.906. The van der Waals surface area contributed by atoms with Gasteiger partial charge in [-0.15, -0.1) is 0 Å². The lowest BCUT2D eigenvalue weighted by Crippen LogP contribution is -2.46. The molecule has 2 heterocycles. The molecule has 0 bridgehead atoms. The van der Waals surface area contributed by atoms with Crippen LogP contribution in [-0.4, -0.2) is 36.6 Å². The summed E-state index contributed by atoms with van der Waals surface area (Å²) >= 11 is 0. The summed E-state index contributed by atoms with van der Waals surface area (Å²) < 4.78 is 5.48. The van der Waals surface area contributed by atoms with Crippen molar-refractivity contribution in [1.82, 2.24) is 10.2 Å². The molecule has 3 unspecified atom stereocenters. The second-order valence-electron chi connectivity index (χ2n) is 6.03. The molecule has 2 rings (SSSR count). The Balaban J connectivity index is 1.92. The summed E-state index contributed by atoms with van der Waals surface area (Å²) in [5.74, 6) is 1.82. The first kappa shape index (κ1) is 14.6. The van der Waals surface area contributed by atoms with E-state index in [9.17, 15) is 0 Å². The highest BCUT2D eigenvalue weighted by Crippen LogP contribution is 2.15. The first-order chi connectivity index (χ1) is 9.19. The van der Waals surface area contributed by atoms with Crippen LogP contribution in [0.25, 0.3) is 0 Å². The molecular formula is C16H28N2O. The van der Waals surface area contributed by atoms with Crippen LogP contribution < -0.4 is 5.32 Å². The highest BCUT2D eigenvalue weighted by atomic mass is 16.3. The molecule has 1 saturated heterocycles. The van der Waals surface area contributed by atoms with E-state index in [2.05, 4.69) is 37.1 Å². The minimum Gasteiger partial charge on any atom is -0.469 e. The van der Waals surface area contributed by atoms with E-state index in [1.807, 2.05) is 6.07 Å². The first-order valence-corrected chi connectivity index (χ1v) is 7.68. The number of nitrogens with one attached hydrogen (secondary N) is 1. The van der Waals surface area contributed by atoms with E-state index in [0.717, 1.165) is 18.7 Å². The zero-order valence-corrected chi connectivity index (χ0v) is 12.6. The summed E-state index contributed by atoms with van der Waals surface area (Å²) in [5, 5.41) is 3.68. The number of nitrogens with zero attached hydrogens (tertiary/aromatic N) is 1. The van der Waals surface area contributed by atoms with Crippen LogP contribution in [0.3, 0.4) is 0 Å². The van der Waals surface area contributed by atoms with Crippen LogP contribution in [0.5, 0.6) is 0 Å². The van der Waals surface area contributed by atoms with Gasteiger partial charge in [-0.2, -0.15) is 0 Å². The number of hydrogen-bond donors (Lipinski definition) is 1. The molecule has 3 atom stereocenters. The Morgan fingerprint density at radius 2 is 2.37 bits per heavy atom. The van der Waals surface area contributed by atoms with E-state index < -0.39 is 0 Å². The predicted octanol–water partition coefficient (Wildman–Crippen LogP) is 2.92. The van der Waals surface area contributed by atoms with Gasteiger partial charge < -0.3 is 9.73 Å². The lowest BCUT2D eigenvalue weighted by Gasteiger charge is -2.35. The second kappa shape index (κ2) is 7.11. The van der Waals surface area contributed by atoms with Gasteiger partial charge in [0.05, 0.1) is 6.26 Å². The topological polar surface area (TPSA) is 28.4 Å². The Kier molecular flexibility index (Phi) is 5.46. The predicted molar refractivity (Wildman–Crippen MR) is 79.3 cm³/mol. The summed E-state index contributed by atoms with van der Waals surface area (Å²) in [6.07, 6.45) is 5.28. The minimum absolute atomic E-state index is 0.559. The second-order valence-corrected chi connectivity index (χ2v) is 6.03. The third-order valence-electron chi connectivity index (χ3n) is 4.26. The zero-order valence-electron chi connectivity index (χ0n) is 12.6. The third-order valence-corrected chi connectivity index (χ3v) is 4.26. The van der Waals surface area contributed by atoms with Crippen LogP contribution in [0.2, 0.25) is 0 Å². The molecule has 0 aliphatic carbocycles. The smallest absolute Gasteiger partial charge is 0.105 e. The van der Waals surface area contributed by atoms with E-state index >= 15 is 0 Å². The third kappa shape index (κ3) is 4.36. The maximum atomic E-state index is 5.48. The van der Waals surface area contributed by atoms with E-state index in [-0.39, 0.29) is 0 Å². The molecule has 1 aliphatic heterocycles. The molecule has 1 aromatic rings. The molecule has 0 radical (unpaired) electrons. The summed E-state index contributed by atoms with van der Waals surface area (Å²) in [6, 6.07) is 5.31. The molecule has 1 fully saturated rings. The lowest BCUT2D eigenvalue weighted by atomic mass is 10.0. The van der Waals surface area contributed by atoms with Gasteiger partial charge in [0.2, 0.25) is 0 Å². The lowest BCUT2D eigenvalue weighted by molar-refractivity contribution is 0.148. The molecule has 0 saturated carbocycles. The van der Waals surface area contributed by atoms with E-state index in [1.165, 1.54) is 25.9 Å².